The smallest absolute Gasteiger partial charge is 0.433 e. The molecule has 3 nitrogen and oxygen atoms in total. The summed E-state index contributed by atoms with van der Waals surface area (Å²) in [5.74, 6) is -1.37. The second-order valence-corrected chi connectivity index (χ2v) is 4.14. The molecule has 1 saturated carbocycles. The highest BCUT2D eigenvalue weighted by Crippen LogP contribution is 2.42. The number of rotatable bonds is 2. The van der Waals surface area contributed by atoms with Crippen molar-refractivity contribution in [3.05, 3.63) is 28.6 Å². The molecule has 2 rings (SSSR count). The van der Waals surface area contributed by atoms with Crippen molar-refractivity contribution in [3.63, 3.8) is 0 Å². The van der Waals surface area contributed by atoms with E-state index in [0.29, 0.717) is 11.6 Å². The molecule has 1 fully saturated rings. The lowest BCUT2D eigenvalue weighted by Crippen LogP contribution is -2.14. The fourth-order valence-electron chi connectivity index (χ4n) is 1.75. The molecule has 6 heteroatoms. The lowest BCUT2D eigenvalue weighted by Gasteiger charge is -2.12. The first-order valence-electron chi connectivity index (χ1n) is 5.12. The zero-order chi connectivity index (χ0) is 12.8. The molecule has 1 aromatic heterocycles. The van der Waals surface area contributed by atoms with Crippen molar-refractivity contribution in [2.75, 3.05) is 0 Å². The number of aromatic nitrogens is 1. The van der Waals surface area contributed by atoms with Crippen molar-refractivity contribution < 1.29 is 23.1 Å². The van der Waals surface area contributed by atoms with Gasteiger partial charge in [-0.1, -0.05) is 0 Å². The van der Waals surface area contributed by atoms with Crippen LogP contribution in [0.25, 0.3) is 0 Å². The van der Waals surface area contributed by atoms with Gasteiger partial charge in [-0.3, -0.25) is 0 Å². The minimum Gasteiger partial charge on any atom is -0.478 e. The van der Waals surface area contributed by atoms with Crippen LogP contribution in [0.2, 0.25) is 0 Å². The van der Waals surface area contributed by atoms with Gasteiger partial charge in [-0.15, -0.1) is 0 Å². The SMILES string of the molecule is Cc1c(C(=O)O)cc(C(F)(F)F)nc1C1CC1. The lowest BCUT2D eigenvalue weighted by atomic mass is 10.0. The topological polar surface area (TPSA) is 50.2 Å². The van der Waals surface area contributed by atoms with E-state index in [-0.39, 0.29) is 17.2 Å². The molecule has 17 heavy (non-hydrogen) atoms. The Hall–Kier alpha value is -1.59. The van der Waals surface area contributed by atoms with E-state index in [9.17, 15) is 18.0 Å². The van der Waals surface area contributed by atoms with E-state index in [1.807, 2.05) is 0 Å². The Morgan fingerprint density at radius 2 is 2.06 bits per heavy atom. The van der Waals surface area contributed by atoms with E-state index >= 15 is 0 Å². The largest absolute Gasteiger partial charge is 0.478 e. The van der Waals surface area contributed by atoms with Crippen LogP contribution in [0.1, 0.15) is 46.1 Å². The molecule has 0 amide bonds. The first-order valence-corrected chi connectivity index (χ1v) is 5.12. The molecular weight excluding hydrogens is 235 g/mol. The van der Waals surface area contributed by atoms with Crippen LogP contribution < -0.4 is 0 Å². The summed E-state index contributed by atoms with van der Waals surface area (Å²) in [6, 6.07) is 0.601. The number of hydrogen-bond acceptors (Lipinski definition) is 2. The normalized spacial score (nSPS) is 16.0. The van der Waals surface area contributed by atoms with Gasteiger partial charge in [-0.25, -0.2) is 9.78 Å². The summed E-state index contributed by atoms with van der Waals surface area (Å²) in [4.78, 5) is 14.5. The van der Waals surface area contributed by atoms with Crippen molar-refractivity contribution >= 4 is 5.97 Å². The molecule has 0 saturated heterocycles. The molecular formula is C11H10F3NO2. The number of aromatic carboxylic acids is 1. The second-order valence-electron chi connectivity index (χ2n) is 4.14. The third kappa shape index (κ3) is 2.25. The van der Waals surface area contributed by atoms with E-state index in [1.54, 1.807) is 0 Å². The van der Waals surface area contributed by atoms with Gasteiger partial charge in [0.1, 0.15) is 5.69 Å². The Kier molecular flexibility index (Phi) is 2.60. The van der Waals surface area contributed by atoms with E-state index in [2.05, 4.69) is 4.98 Å². The van der Waals surface area contributed by atoms with Crippen molar-refractivity contribution in [3.8, 4) is 0 Å². The predicted molar refractivity (Wildman–Crippen MR) is 52.9 cm³/mol. The number of alkyl halides is 3. The minimum absolute atomic E-state index is 0.0181. The van der Waals surface area contributed by atoms with E-state index in [1.165, 1.54) is 6.92 Å². The summed E-state index contributed by atoms with van der Waals surface area (Å²) in [5, 5.41) is 8.89. The molecule has 0 atom stereocenters. The highest BCUT2D eigenvalue weighted by atomic mass is 19.4. The molecule has 1 heterocycles. The van der Waals surface area contributed by atoms with Crippen LogP contribution in [0.15, 0.2) is 6.07 Å². The maximum atomic E-state index is 12.6. The number of nitrogens with zero attached hydrogens (tertiary/aromatic N) is 1. The average Bonchev–Trinajstić information content (AvgIpc) is 2.99. The quantitative estimate of drug-likeness (QED) is 0.871. The summed E-state index contributed by atoms with van der Waals surface area (Å²) in [6.45, 7) is 1.50. The first-order chi connectivity index (χ1) is 7.80. The summed E-state index contributed by atoms with van der Waals surface area (Å²) in [5.41, 5.74) is -0.818. The van der Waals surface area contributed by atoms with Crippen LogP contribution in [-0.2, 0) is 6.18 Å². The first kappa shape index (κ1) is 11.9. The van der Waals surface area contributed by atoms with Crippen LogP contribution >= 0.6 is 0 Å². The summed E-state index contributed by atoms with van der Waals surface area (Å²) < 4.78 is 37.7. The highest BCUT2D eigenvalue weighted by molar-refractivity contribution is 5.89. The lowest BCUT2D eigenvalue weighted by molar-refractivity contribution is -0.141. The minimum atomic E-state index is -4.61. The monoisotopic (exact) mass is 245 g/mol. The Morgan fingerprint density at radius 1 is 1.47 bits per heavy atom. The third-order valence-corrected chi connectivity index (χ3v) is 2.80. The number of carboxylic acids is 1. The van der Waals surface area contributed by atoms with Gasteiger partial charge in [0, 0.05) is 11.6 Å². The van der Waals surface area contributed by atoms with Crippen molar-refractivity contribution in [1.82, 2.24) is 4.98 Å². The molecule has 0 bridgehead atoms. The maximum Gasteiger partial charge on any atom is 0.433 e. The third-order valence-electron chi connectivity index (χ3n) is 2.80. The highest BCUT2D eigenvalue weighted by Gasteiger charge is 2.37. The molecule has 0 radical (unpaired) electrons. The van der Waals surface area contributed by atoms with E-state index < -0.39 is 17.8 Å². The molecule has 1 N–H and O–H groups in total. The Balaban J connectivity index is 2.60. The van der Waals surface area contributed by atoms with Gasteiger partial charge >= 0.3 is 12.1 Å². The van der Waals surface area contributed by atoms with Gasteiger partial charge in [0.05, 0.1) is 5.56 Å². The van der Waals surface area contributed by atoms with Crippen LogP contribution in [0, 0.1) is 6.92 Å². The number of carbonyl (C=O) groups is 1. The zero-order valence-electron chi connectivity index (χ0n) is 9.01. The molecule has 0 aliphatic heterocycles. The van der Waals surface area contributed by atoms with Crippen LogP contribution in [0.4, 0.5) is 13.2 Å². The summed E-state index contributed by atoms with van der Waals surface area (Å²) in [7, 11) is 0. The predicted octanol–water partition coefficient (Wildman–Crippen LogP) is 2.98. The van der Waals surface area contributed by atoms with Crippen LogP contribution in [-0.4, -0.2) is 16.1 Å². The molecule has 0 unspecified atom stereocenters. The standard InChI is InChI=1S/C11H10F3NO2/c1-5-7(10(16)17)4-8(11(12,13)14)15-9(5)6-2-3-6/h4,6H,2-3H2,1H3,(H,16,17). The van der Waals surface area contributed by atoms with Gasteiger partial charge in [0.25, 0.3) is 0 Å². The molecule has 1 aromatic rings. The molecule has 0 spiro atoms. The van der Waals surface area contributed by atoms with Crippen LogP contribution in [0.5, 0.6) is 0 Å². The number of carboxylic acid groups (broad SMARTS) is 1. The molecule has 1 aliphatic carbocycles. The zero-order valence-corrected chi connectivity index (χ0v) is 9.01. The Morgan fingerprint density at radius 3 is 2.47 bits per heavy atom. The second kappa shape index (κ2) is 3.72. The van der Waals surface area contributed by atoms with Crippen molar-refractivity contribution in [2.24, 2.45) is 0 Å². The van der Waals surface area contributed by atoms with E-state index in [4.69, 9.17) is 5.11 Å². The number of pyridine rings is 1. The number of halogens is 3. The van der Waals surface area contributed by atoms with Gasteiger partial charge < -0.3 is 5.11 Å². The van der Waals surface area contributed by atoms with E-state index in [0.717, 1.165) is 12.8 Å². The van der Waals surface area contributed by atoms with Crippen molar-refractivity contribution in [1.29, 1.82) is 0 Å². The van der Waals surface area contributed by atoms with Crippen LogP contribution in [0.3, 0.4) is 0 Å². The molecule has 1 aliphatic rings. The molecule has 92 valence electrons. The maximum absolute atomic E-state index is 12.6. The molecule has 0 aromatic carbocycles. The fraction of sp³-hybridized carbons (Fsp3) is 0.455. The van der Waals surface area contributed by atoms with Crippen molar-refractivity contribution in [2.45, 2.75) is 31.9 Å². The fourth-order valence-corrected chi connectivity index (χ4v) is 1.75. The Bertz CT molecular complexity index is 478. The summed E-state index contributed by atoms with van der Waals surface area (Å²) in [6.07, 6.45) is -3.07. The average molecular weight is 245 g/mol. The van der Waals surface area contributed by atoms with Gasteiger partial charge in [-0.05, 0) is 31.4 Å². The van der Waals surface area contributed by atoms with Gasteiger partial charge in [0.15, 0.2) is 0 Å². The number of hydrogen-bond donors (Lipinski definition) is 1. The Labute approximate surface area is 95.3 Å². The van der Waals surface area contributed by atoms with Gasteiger partial charge in [0.2, 0.25) is 0 Å². The van der Waals surface area contributed by atoms with Gasteiger partial charge in [-0.2, -0.15) is 13.2 Å². The summed E-state index contributed by atoms with van der Waals surface area (Å²) >= 11 is 0.